The highest BCUT2D eigenvalue weighted by Gasteiger charge is 2.24. The number of carbonyl (C=O) groups excluding carboxylic acids is 1. The Bertz CT molecular complexity index is 1330. The van der Waals surface area contributed by atoms with Gasteiger partial charge < -0.3 is 23.8 Å². The number of methoxy groups -OCH3 is 2. The maximum atomic E-state index is 13.4. The van der Waals surface area contributed by atoms with Gasteiger partial charge in [-0.05, 0) is 55.3 Å². The molecule has 0 N–H and O–H groups in total. The second-order valence-electron chi connectivity index (χ2n) is 9.38. The van der Waals surface area contributed by atoms with E-state index in [1.54, 1.807) is 14.2 Å². The summed E-state index contributed by atoms with van der Waals surface area (Å²) in [6.07, 6.45) is 12.8. The van der Waals surface area contributed by atoms with Gasteiger partial charge in [0.15, 0.2) is 0 Å². The quantitative estimate of drug-likeness (QED) is 0.448. The van der Waals surface area contributed by atoms with E-state index in [9.17, 15) is 4.79 Å². The summed E-state index contributed by atoms with van der Waals surface area (Å²) in [5, 5.41) is 0. The van der Waals surface area contributed by atoms with Gasteiger partial charge in [-0.15, -0.1) is 0 Å². The molecule has 3 aromatic rings. The summed E-state index contributed by atoms with van der Waals surface area (Å²) in [5.74, 6) is 2.48. The molecule has 5 rings (SSSR count). The molecule has 1 aliphatic heterocycles. The summed E-state index contributed by atoms with van der Waals surface area (Å²) in [7, 11) is 3.35. The fourth-order valence-corrected chi connectivity index (χ4v) is 4.84. The Morgan fingerprint density at radius 1 is 0.921 bits per heavy atom. The van der Waals surface area contributed by atoms with E-state index in [2.05, 4.69) is 23.1 Å². The molecule has 2 aromatic carbocycles. The van der Waals surface area contributed by atoms with Crippen LogP contribution in [0.2, 0.25) is 0 Å². The smallest absolute Gasteiger partial charge is 0.230 e. The van der Waals surface area contributed by atoms with Crippen LogP contribution in [0, 0.1) is 0 Å². The van der Waals surface area contributed by atoms with Crippen molar-refractivity contribution in [3.05, 3.63) is 102 Å². The zero-order valence-corrected chi connectivity index (χ0v) is 22.0. The van der Waals surface area contributed by atoms with E-state index >= 15 is 0 Å². The number of piperazine rings is 1. The summed E-state index contributed by atoms with van der Waals surface area (Å²) in [5.41, 5.74) is 3.96. The van der Waals surface area contributed by atoms with Gasteiger partial charge in [0.25, 0.3) is 0 Å². The molecule has 0 atom stereocenters. The van der Waals surface area contributed by atoms with Gasteiger partial charge in [-0.2, -0.15) is 0 Å². The summed E-state index contributed by atoms with van der Waals surface area (Å²) < 4.78 is 12.8. The van der Waals surface area contributed by atoms with Crippen molar-refractivity contribution in [2.75, 3.05) is 40.4 Å². The molecule has 2 aliphatic rings. The van der Waals surface area contributed by atoms with Crippen LogP contribution in [0.25, 0.3) is 16.9 Å². The number of aromatic nitrogens is 2. The van der Waals surface area contributed by atoms with Crippen molar-refractivity contribution in [2.45, 2.75) is 19.3 Å². The monoisotopic (exact) mass is 510 g/mol. The van der Waals surface area contributed by atoms with E-state index in [1.807, 2.05) is 76.3 Å². The fourth-order valence-electron chi connectivity index (χ4n) is 4.84. The number of carbonyl (C=O) groups is 1. The zero-order valence-electron chi connectivity index (χ0n) is 22.0. The number of imidazole rings is 1. The minimum Gasteiger partial charge on any atom is -0.497 e. The standard InChI is InChI=1S/C31H34N4O3/c1-37-27-15-13-24(14-16-27)29-23-35(25-9-5-3-6-10-25)30(32-29)22-31(36)34-19-17-33(18-20-34)26-11-7-4-8-12-28(21-26)38-2/h3,5-6,8-16,21,23H,4,7,17-20,22H2,1-2H3/b12-8+,26-11+,28-21+. The summed E-state index contributed by atoms with van der Waals surface area (Å²) in [6.45, 7) is 2.94. The molecule has 0 bridgehead atoms. The molecule has 1 amide bonds. The molecular formula is C31H34N4O3. The van der Waals surface area contributed by atoms with Crippen LogP contribution in [0.1, 0.15) is 18.7 Å². The first kappa shape index (κ1) is 25.4. The Morgan fingerprint density at radius 3 is 2.39 bits per heavy atom. The molecule has 196 valence electrons. The van der Waals surface area contributed by atoms with Gasteiger partial charge in [-0.3, -0.25) is 4.79 Å². The first-order valence-corrected chi connectivity index (χ1v) is 13.1. The van der Waals surface area contributed by atoms with E-state index in [1.165, 1.54) is 5.70 Å². The third-order valence-electron chi connectivity index (χ3n) is 7.00. The Labute approximate surface area is 224 Å². The van der Waals surface area contributed by atoms with Gasteiger partial charge in [-0.1, -0.05) is 30.4 Å². The summed E-state index contributed by atoms with van der Waals surface area (Å²) in [6, 6.07) is 17.9. The van der Waals surface area contributed by atoms with Crippen LogP contribution in [0.5, 0.6) is 5.75 Å². The first-order valence-electron chi connectivity index (χ1n) is 13.1. The molecular weight excluding hydrogens is 476 g/mol. The number of nitrogens with zero attached hydrogens (tertiary/aromatic N) is 4. The van der Waals surface area contributed by atoms with Crippen LogP contribution < -0.4 is 4.74 Å². The van der Waals surface area contributed by atoms with Gasteiger partial charge in [0, 0.05) is 55.4 Å². The molecule has 0 unspecified atom stereocenters. The van der Waals surface area contributed by atoms with E-state index in [4.69, 9.17) is 14.5 Å². The Balaban J connectivity index is 1.31. The van der Waals surface area contributed by atoms with Crippen molar-refractivity contribution in [3.8, 4) is 22.7 Å². The number of rotatable bonds is 7. The lowest BCUT2D eigenvalue weighted by Gasteiger charge is -2.37. The van der Waals surface area contributed by atoms with Crippen molar-refractivity contribution in [1.82, 2.24) is 19.4 Å². The molecule has 2 heterocycles. The third-order valence-corrected chi connectivity index (χ3v) is 7.00. The topological polar surface area (TPSA) is 59.8 Å². The molecule has 0 spiro atoms. The average Bonchev–Trinajstić information content (AvgIpc) is 3.37. The highest BCUT2D eigenvalue weighted by atomic mass is 16.5. The Kier molecular flexibility index (Phi) is 7.92. The number of amides is 1. The third kappa shape index (κ3) is 5.83. The Morgan fingerprint density at radius 2 is 1.68 bits per heavy atom. The molecule has 1 aliphatic carbocycles. The molecule has 0 saturated carbocycles. The molecule has 7 heteroatoms. The van der Waals surface area contributed by atoms with Crippen LogP contribution in [-0.4, -0.2) is 65.7 Å². The maximum absolute atomic E-state index is 13.4. The highest BCUT2D eigenvalue weighted by molar-refractivity contribution is 5.78. The van der Waals surface area contributed by atoms with Crippen molar-refractivity contribution in [1.29, 1.82) is 0 Å². The van der Waals surface area contributed by atoms with Gasteiger partial charge >= 0.3 is 0 Å². The highest BCUT2D eigenvalue weighted by Crippen LogP contribution is 2.25. The molecule has 38 heavy (non-hydrogen) atoms. The number of hydrogen-bond donors (Lipinski definition) is 0. The van der Waals surface area contributed by atoms with Gasteiger partial charge in [-0.25, -0.2) is 4.98 Å². The minimum atomic E-state index is 0.0939. The minimum absolute atomic E-state index is 0.0939. The lowest BCUT2D eigenvalue weighted by atomic mass is 10.1. The van der Waals surface area contributed by atoms with Crippen molar-refractivity contribution >= 4 is 5.91 Å². The maximum Gasteiger partial charge on any atom is 0.230 e. The average molecular weight is 511 g/mol. The zero-order chi connectivity index (χ0) is 26.3. The number of para-hydroxylation sites is 1. The number of ether oxygens (including phenoxy) is 2. The molecule has 1 aromatic heterocycles. The number of allylic oxidation sites excluding steroid dienone is 4. The van der Waals surface area contributed by atoms with Crippen LogP contribution in [0.3, 0.4) is 0 Å². The number of hydrogen-bond acceptors (Lipinski definition) is 5. The van der Waals surface area contributed by atoms with Gasteiger partial charge in [0.05, 0.1) is 26.3 Å². The molecule has 0 radical (unpaired) electrons. The largest absolute Gasteiger partial charge is 0.497 e. The second-order valence-corrected chi connectivity index (χ2v) is 9.38. The lowest BCUT2D eigenvalue weighted by molar-refractivity contribution is -0.132. The second kappa shape index (κ2) is 11.9. The predicted octanol–water partition coefficient (Wildman–Crippen LogP) is 5.00. The fraction of sp³-hybridized carbons (Fsp3) is 0.290. The first-order chi connectivity index (χ1) is 18.6. The number of benzene rings is 2. The van der Waals surface area contributed by atoms with E-state index in [0.717, 1.165) is 60.2 Å². The van der Waals surface area contributed by atoms with Gasteiger partial charge in [0.1, 0.15) is 17.3 Å². The van der Waals surface area contributed by atoms with Gasteiger partial charge in [0.2, 0.25) is 5.91 Å². The van der Waals surface area contributed by atoms with Crippen molar-refractivity contribution < 1.29 is 14.3 Å². The van der Waals surface area contributed by atoms with Crippen molar-refractivity contribution in [3.63, 3.8) is 0 Å². The predicted molar refractivity (Wildman–Crippen MR) is 149 cm³/mol. The van der Waals surface area contributed by atoms with Crippen molar-refractivity contribution in [2.24, 2.45) is 0 Å². The SMILES string of the molecule is COC1=C/C(N2CCN(C(=O)Cc3nc(-c4ccc(OC)cc4)cn3-c3ccccc3)CC2)=C\CC\C=C\1. The van der Waals surface area contributed by atoms with E-state index in [0.29, 0.717) is 13.1 Å². The van der Waals surface area contributed by atoms with Crippen LogP contribution >= 0.6 is 0 Å². The normalized spacial score (nSPS) is 19.4. The van der Waals surface area contributed by atoms with Crippen LogP contribution in [-0.2, 0) is 16.0 Å². The van der Waals surface area contributed by atoms with Crippen LogP contribution in [0.4, 0.5) is 0 Å². The van der Waals surface area contributed by atoms with E-state index < -0.39 is 0 Å². The van der Waals surface area contributed by atoms with E-state index in [-0.39, 0.29) is 12.3 Å². The molecule has 1 fully saturated rings. The van der Waals surface area contributed by atoms with Crippen LogP contribution in [0.15, 0.2) is 96.6 Å². The summed E-state index contributed by atoms with van der Waals surface area (Å²) in [4.78, 5) is 22.6. The molecule has 7 nitrogen and oxygen atoms in total. The Hall–Kier alpha value is -4.26. The molecule has 1 saturated heterocycles. The lowest BCUT2D eigenvalue weighted by Crippen LogP contribution is -2.48. The summed E-state index contributed by atoms with van der Waals surface area (Å²) >= 11 is 0.